The predicted molar refractivity (Wildman–Crippen MR) is 64.6 cm³/mol. The van der Waals surface area contributed by atoms with E-state index in [1.807, 2.05) is 12.1 Å². The maximum atomic E-state index is 12.0. The Morgan fingerprint density at radius 1 is 1.44 bits per heavy atom. The van der Waals surface area contributed by atoms with Gasteiger partial charge in [-0.05, 0) is 18.6 Å². The molecule has 1 aliphatic carbocycles. The summed E-state index contributed by atoms with van der Waals surface area (Å²) in [5.41, 5.74) is 2.64. The molecule has 0 N–H and O–H groups in total. The van der Waals surface area contributed by atoms with E-state index in [-0.39, 0.29) is 11.7 Å². The molecular formula is C14H12NO3. The number of allylic oxidation sites excluding steroid dienone is 2. The lowest BCUT2D eigenvalue weighted by atomic mass is 9.85. The summed E-state index contributed by atoms with van der Waals surface area (Å²) in [5.74, 6) is -0.655. The zero-order chi connectivity index (χ0) is 12.7. The van der Waals surface area contributed by atoms with Gasteiger partial charge in [-0.15, -0.1) is 0 Å². The van der Waals surface area contributed by atoms with E-state index in [1.165, 1.54) is 7.11 Å². The molecule has 0 spiro atoms. The molecule has 1 atom stereocenters. The highest BCUT2D eigenvalue weighted by atomic mass is 16.5. The number of methoxy groups -OCH3 is 1. The fourth-order valence-electron chi connectivity index (χ4n) is 2.59. The van der Waals surface area contributed by atoms with Gasteiger partial charge in [0, 0.05) is 12.0 Å². The van der Waals surface area contributed by atoms with Crippen LogP contribution >= 0.6 is 0 Å². The van der Waals surface area contributed by atoms with Gasteiger partial charge in [0.1, 0.15) is 5.78 Å². The highest BCUT2D eigenvalue weighted by Crippen LogP contribution is 2.44. The maximum absolute atomic E-state index is 12.0. The molecule has 0 bridgehead atoms. The van der Waals surface area contributed by atoms with Gasteiger partial charge in [0.25, 0.3) is 0 Å². The molecule has 1 aromatic rings. The van der Waals surface area contributed by atoms with Crippen molar-refractivity contribution in [1.82, 2.24) is 5.32 Å². The number of benzene rings is 1. The van der Waals surface area contributed by atoms with E-state index in [0.29, 0.717) is 23.2 Å². The molecule has 0 fully saturated rings. The van der Waals surface area contributed by atoms with Crippen molar-refractivity contribution >= 4 is 17.4 Å². The second kappa shape index (κ2) is 3.98. The number of rotatable bonds is 1. The van der Waals surface area contributed by atoms with Gasteiger partial charge in [0.05, 0.1) is 30.0 Å². The first-order valence-corrected chi connectivity index (χ1v) is 5.88. The monoisotopic (exact) mass is 242 g/mol. The second-order valence-electron chi connectivity index (χ2n) is 4.41. The van der Waals surface area contributed by atoms with Crippen LogP contribution in [-0.2, 0) is 9.53 Å². The van der Waals surface area contributed by atoms with Crippen LogP contribution in [0.2, 0.25) is 0 Å². The standard InChI is InChI=1S/C14H12NO3/c1-18-14(17)8-4-2-5-9-12(8)13-10(15-9)6-3-7-11(13)16/h2,4-6,13H,3,7H2,1H3. The summed E-state index contributed by atoms with van der Waals surface area (Å²) in [6, 6.07) is 5.27. The van der Waals surface area contributed by atoms with Gasteiger partial charge in [-0.25, -0.2) is 4.79 Å². The number of Topliss-reactive ketones (excluding diaryl/α,β-unsaturated/α-hetero) is 1. The Bertz CT molecular complexity index is 574. The number of nitrogens with zero attached hydrogens (tertiary/aromatic N) is 1. The highest BCUT2D eigenvalue weighted by molar-refractivity contribution is 6.00. The van der Waals surface area contributed by atoms with Gasteiger partial charge in [-0.3, -0.25) is 10.1 Å². The second-order valence-corrected chi connectivity index (χ2v) is 4.41. The number of carbonyl (C=O) groups is 2. The molecule has 1 aromatic carbocycles. The molecule has 0 saturated carbocycles. The topological polar surface area (TPSA) is 57.5 Å². The molecule has 1 radical (unpaired) electrons. The number of ether oxygens (including phenoxy) is 1. The third kappa shape index (κ3) is 1.45. The number of carbonyl (C=O) groups excluding carboxylic acids is 2. The Morgan fingerprint density at radius 3 is 3.06 bits per heavy atom. The lowest BCUT2D eigenvalue weighted by Gasteiger charge is -2.16. The SMILES string of the molecule is COC(=O)c1cccc2c1C1C(=O)CCC=C1[N]2. The fraction of sp³-hybridized carbons (Fsp3) is 0.286. The fourth-order valence-corrected chi connectivity index (χ4v) is 2.59. The summed E-state index contributed by atoms with van der Waals surface area (Å²) in [7, 11) is 1.34. The summed E-state index contributed by atoms with van der Waals surface area (Å²) >= 11 is 0. The van der Waals surface area contributed by atoms with E-state index in [1.54, 1.807) is 12.1 Å². The van der Waals surface area contributed by atoms with Crippen LogP contribution in [-0.4, -0.2) is 18.9 Å². The Labute approximate surface area is 105 Å². The first-order valence-electron chi connectivity index (χ1n) is 5.88. The molecular weight excluding hydrogens is 230 g/mol. The van der Waals surface area contributed by atoms with Crippen molar-refractivity contribution < 1.29 is 14.3 Å². The van der Waals surface area contributed by atoms with Crippen LogP contribution in [0.3, 0.4) is 0 Å². The Morgan fingerprint density at radius 2 is 2.28 bits per heavy atom. The van der Waals surface area contributed by atoms with Crippen LogP contribution in [0.4, 0.5) is 5.69 Å². The molecule has 1 unspecified atom stereocenters. The van der Waals surface area contributed by atoms with E-state index in [2.05, 4.69) is 5.32 Å². The lowest BCUT2D eigenvalue weighted by molar-refractivity contribution is -0.119. The Hall–Kier alpha value is -2.10. The molecule has 1 heterocycles. The summed E-state index contributed by atoms with van der Waals surface area (Å²) in [6.07, 6.45) is 3.22. The molecule has 4 nitrogen and oxygen atoms in total. The van der Waals surface area contributed by atoms with Gasteiger partial charge < -0.3 is 4.74 Å². The van der Waals surface area contributed by atoms with E-state index in [9.17, 15) is 9.59 Å². The zero-order valence-electron chi connectivity index (χ0n) is 9.97. The van der Waals surface area contributed by atoms with Crippen molar-refractivity contribution in [2.75, 3.05) is 7.11 Å². The maximum Gasteiger partial charge on any atom is 0.338 e. The molecule has 0 aromatic heterocycles. The van der Waals surface area contributed by atoms with Crippen molar-refractivity contribution in [3.8, 4) is 0 Å². The summed E-state index contributed by atoms with van der Waals surface area (Å²) in [6.45, 7) is 0. The number of esters is 1. The average molecular weight is 242 g/mol. The van der Waals surface area contributed by atoms with Crippen LogP contribution in [0.1, 0.15) is 34.7 Å². The quantitative estimate of drug-likeness (QED) is 0.708. The molecule has 0 saturated heterocycles. The molecule has 3 rings (SSSR count). The first-order chi connectivity index (χ1) is 8.72. The largest absolute Gasteiger partial charge is 0.465 e. The number of hydrogen-bond donors (Lipinski definition) is 0. The van der Waals surface area contributed by atoms with E-state index in [0.717, 1.165) is 12.1 Å². The van der Waals surface area contributed by atoms with Gasteiger partial charge in [0.15, 0.2) is 0 Å². The lowest BCUT2D eigenvalue weighted by Crippen LogP contribution is -2.18. The summed E-state index contributed by atoms with van der Waals surface area (Å²) in [4.78, 5) is 23.8. The molecule has 0 amide bonds. The number of fused-ring (bicyclic) bond motifs is 3. The van der Waals surface area contributed by atoms with E-state index < -0.39 is 5.97 Å². The van der Waals surface area contributed by atoms with Crippen molar-refractivity contribution in [3.63, 3.8) is 0 Å². The normalized spacial score (nSPS) is 20.6. The summed E-state index contributed by atoms with van der Waals surface area (Å²) < 4.78 is 4.77. The number of ketones is 1. The number of hydrogen-bond acceptors (Lipinski definition) is 3. The third-order valence-corrected chi connectivity index (χ3v) is 3.39. The minimum absolute atomic E-state index is 0.131. The van der Waals surface area contributed by atoms with Crippen LogP contribution < -0.4 is 5.32 Å². The van der Waals surface area contributed by atoms with Crippen molar-refractivity contribution in [3.05, 3.63) is 41.1 Å². The van der Waals surface area contributed by atoms with Crippen molar-refractivity contribution in [2.45, 2.75) is 18.8 Å². The molecule has 18 heavy (non-hydrogen) atoms. The Kier molecular flexibility index (Phi) is 2.44. The summed E-state index contributed by atoms with van der Waals surface area (Å²) in [5, 5.41) is 4.43. The molecule has 91 valence electrons. The molecule has 2 aliphatic rings. The van der Waals surface area contributed by atoms with Crippen LogP contribution in [0.5, 0.6) is 0 Å². The third-order valence-electron chi connectivity index (χ3n) is 3.39. The van der Waals surface area contributed by atoms with E-state index in [4.69, 9.17) is 4.74 Å². The minimum atomic E-state index is -0.415. The molecule has 1 aliphatic heterocycles. The van der Waals surface area contributed by atoms with Gasteiger partial charge >= 0.3 is 5.97 Å². The van der Waals surface area contributed by atoms with Crippen LogP contribution in [0.25, 0.3) is 0 Å². The molecule has 4 heteroatoms. The van der Waals surface area contributed by atoms with Gasteiger partial charge in [-0.2, -0.15) is 0 Å². The minimum Gasteiger partial charge on any atom is -0.465 e. The van der Waals surface area contributed by atoms with Crippen molar-refractivity contribution in [2.24, 2.45) is 0 Å². The van der Waals surface area contributed by atoms with Crippen molar-refractivity contribution in [1.29, 1.82) is 0 Å². The van der Waals surface area contributed by atoms with Gasteiger partial charge in [-0.1, -0.05) is 12.1 Å². The Balaban J connectivity index is 2.18. The zero-order valence-corrected chi connectivity index (χ0v) is 9.97. The first kappa shape index (κ1) is 11.0. The van der Waals surface area contributed by atoms with Crippen LogP contribution in [0.15, 0.2) is 30.0 Å². The highest BCUT2D eigenvalue weighted by Gasteiger charge is 2.38. The average Bonchev–Trinajstić information content (AvgIpc) is 2.77. The predicted octanol–water partition coefficient (Wildman–Crippen LogP) is 2.05. The van der Waals surface area contributed by atoms with E-state index >= 15 is 0 Å². The smallest absolute Gasteiger partial charge is 0.338 e. The van der Waals surface area contributed by atoms with Gasteiger partial charge in [0.2, 0.25) is 0 Å². The van der Waals surface area contributed by atoms with Crippen LogP contribution in [0, 0.1) is 0 Å².